The molecule has 1 nitrogen and oxygen atoms in total. The molecular weight excluding hydrogens is 262 g/mol. The smallest absolute Gasteiger partial charge is 0.0677 e. The molecule has 1 atom stereocenters. The number of benzene rings is 2. The van der Waals surface area contributed by atoms with Crippen LogP contribution in [-0.4, -0.2) is 6.54 Å². The van der Waals surface area contributed by atoms with Crippen LogP contribution >= 0.6 is 11.3 Å². The van der Waals surface area contributed by atoms with Gasteiger partial charge in [-0.25, -0.2) is 0 Å². The summed E-state index contributed by atoms with van der Waals surface area (Å²) in [6.45, 7) is 3.24. The van der Waals surface area contributed by atoms with Gasteiger partial charge in [-0.2, -0.15) is 0 Å². The molecule has 0 saturated carbocycles. The predicted molar refractivity (Wildman–Crippen MR) is 88.4 cm³/mol. The van der Waals surface area contributed by atoms with E-state index in [0.29, 0.717) is 6.04 Å². The van der Waals surface area contributed by atoms with Crippen molar-refractivity contribution in [3.05, 3.63) is 70.4 Å². The highest BCUT2D eigenvalue weighted by Gasteiger charge is 2.16. The van der Waals surface area contributed by atoms with Crippen molar-refractivity contribution in [3.8, 4) is 0 Å². The third kappa shape index (κ3) is 2.62. The van der Waals surface area contributed by atoms with Crippen LogP contribution in [0.5, 0.6) is 0 Å². The summed E-state index contributed by atoms with van der Waals surface area (Å²) in [7, 11) is 0. The first-order valence-electron chi connectivity index (χ1n) is 7.14. The number of hydrogen-bond donors (Lipinski definition) is 1. The molecule has 0 saturated heterocycles. The van der Waals surface area contributed by atoms with E-state index in [1.165, 1.54) is 21.2 Å². The zero-order valence-electron chi connectivity index (χ0n) is 11.7. The first kappa shape index (κ1) is 13.3. The maximum absolute atomic E-state index is 3.69. The van der Waals surface area contributed by atoms with E-state index in [2.05, 4.69) is 72.2 Å². The molecule has 0 bridgehead atoms. The predicted octanol–water partition coefficient (Wildman–Crippen LogP) is 4.99. The lowest BCUT2D eigenvalue weighted by atomic mass is 9.97. The lowest BCUT2D eigenvalue weighted by Gasteiger charge is -2.19. The van der Waals surface area contributed by atoms with Gasteiger partial charge in [0.05, 0.1) is 6.04 Å². The van der Waals surface area contributed by atoms with Gasteiger partial charge in [0.2, 0.25) is 0 Å². The Morgan fingerprint density at radius 3 is 2.65 bits per heavy atom. The summed E-state index contributed by atoms with van der Waals surface area (Å²) in [5.41, 5.74) is 1.37. The minimum absolute atomic E-state index is 0.293. The van der Waals surface area contributed by atoms with Crippen LogP contribution in [0.4, 0.5) is 0 Å². The number of nitrogens with one attached hydrogen (secondary N) is 1. The SMILES string of the molecule is CCCNC(c1cccs1)c1cccc2ccccc12. The van der Waals surface area contributed by atoms with E-state index >= 15 is 0 Å². The standard InChI is InChI=1S/C18H19NS/c1-2-12-19-18(17-11-6-13-20-17)16-10-5-8-14-7-3-4-9-15(14)16/h3-11,13,18-19H,2,12H2,1H3. The Morgan fingerprint density at radius 1 is 1.00 bits per heavy atom. The topological polar surface area (TPSA) is 12.0 Å². The highest BCUT2D eigenvalue weighted by Crippen LogP contribution is 2.31. The van der Waals surface area contributed by atoms with Crippen molar-refractivity contribution in [3.63, 3.8) is 0 Å². The van der Waals surface area contributed by atoms with Crippen LogP contribution in [-0.2, 0) is 0 Å². The van der Waals surface area contributed by atoms with Gasteiger partial charge in [0.1, 0.15) is 0 Å². The molecular formula is C18H19NS. The molecule has 1 aromatic heterocycles. The van der Waals surface area contributed by atoms with Crippen molar-refractivity contribution in [1.29, 1.82) is 0 Å². The van der Waals surface area contributed by atoms with Gasteiger partial charge in [-0.15, -0.1) is 11.3 Å². The molecule has 3 aromatic rings. The third-order valence-corrected chi connectivity index (χ3v) is 4.50. The Balaban J connectivity index is 2.09. The van der Waals surface area contributed by atoms with E-state index < -0.39 is 0 Å². The Morgan fingerprint density at radius 2 is 1.85 bits per heavy atom. The first-order chi connectivity index (χ1) is 9.90. The van der Waals surface area contributed by atoms with Gasteiger partial charge in [0.25, 0.3) is 0 Å². The summed E-state index contributed by atoms with van der Waals surface area (Å²) < 4.78 is 0. The van der Waals surface area contributed by atoms with E-state index in [0.717, 1.165) is 13.0 Å². The van der Waals surface area contributed by atoms with E-state index in [1.807, 2.05) is 11.3 Å². The highest BCUT2D eigenvalue weighted by molar-refractivity contribution is 7.10. The lowest BCUT2D eigenvalue weighted by Crippen LogP contribution is -2.22. The second kappa shape index (κ2) is 6.21. The second-order valence-electron chi connectivity index (χ2n) is 4.97. The highest BCUT2D eigenvalue weighted by atomic mass is 32.1. The zero-order chi connectivity index (χ0) is 13.8. The largest absolute Gasteiger partial charge is 0.306 e. The van der Waals surface area contributed by atoms with Crippen molar-refractivity contribution in [2.45, 2.75) is 19.4 Å². The van der Waals surface area contributed by atoms with Crippen molar-refractivity contribution >= 4 is 22.1 Å². The molecule has 0 amide bonds. The molecule has 102 valence electrons. The summed E-state index contributed by atoms with van der Waals surface area (Å²) in [6.07, 6.45) is 1.15. The van der Waals surface area contributed by atoms with Crippen molar-refractivity contribution in [2.24, 2.45) is 0 Å². The van der Waals surface area contributed by atoms with Gasteiger partial charge in [-0.05, 0) is 40.7 Å². The van der Waals surface area contributed by atoms with E-state index in [-0.39, 0.29) is 0 Å². The van der Waals surface area contributed by atoms with Crippen LogP contribution in [0.15, 0.2) is 60.0 Å². The molecule has 1 N–H and O–H groups in total. The number of thiophene rings is 1. The van der Waals surface area contributed by atoms with E-state index in [9.17, 15) is 0 Å². The maximum Gasteiger partial charge on any atom is 0.0677 e. The molecule has 1 heterocycles. The zero-order valence-corrected chi connectivity index (χ0v) is 12.5. The van der Waals surface area contributed by atoms with E-state index in [1.54, 1.807) is 0 Å². The lowest BCUT2D eigenvalue weighted by molar-refractivity contribution is 0.609. The summed E-state index contributed by atoms with van der Waals surface area (Å²) in [5, 5.41) is 8.50. The maximum atomic E-state index is 3.69. The Hall–Kier alpha value is -1.64. The van der Waals surface area contributed by atoms with Gasteiger partial charge in [-0.3, -0.25) is 0 Å². The molecule has 0 radical (unpaired) electrons. The number of hydrogen-bond acceptors (Lipinski definition) is 2. The van der Waals surface area contributed by atoms with Crippen molar-refractivity contribution in [2.75, 3.05) is 6.54 Å². The minimum atomic E-state index is 0.293. The average Bonchev–Trinajstić information content (AvgIpc) is 3.02. The summed E-state index contributed by atoms with van der Waals surface area (Å²) in [4.78, 5) is 1.38. The molecule has 3 rings (SSSR count). The summed E-state index contributed by atoms with van der Waals surface area (Å²) in [5.74, 6) is 0. The van der Waals surface area contributed by atoms with E-state index in [4.69, 9.17) is 0 Å². The second-order valence-corrected chi connectivity index (χ2v) is 5.95. The molecule has 0 aliphatic rings. The third-order valence-electron chi connectivity index (χ3n) is 3.56. The summed E-state index contributed by atoms with van der Waals surface area (Å²) >= 11 is 1.82. The van der Waals surface area contributed by atoms with Gasteiger partial charge < -0.3 is 5.32 Å². The molecule has 2 aromatic carbocycles. The Bertz CT molecular complexity index is 667. The molecule has 1 unspecified atom stereocenters. The Labute approximate surface area is 124 Å². The Kier molecular flexibility index (Phi) is 4.14. The molecule has 0 aliphatic heterocycles. The molecule has 2 heteroatoms. The van der Waals surface area contributed by atoms with Gasteiger partial charge in [-0.1, -0.05) is 55.5 Å². The first-order valence-corrected chi connectivity index (χ1v) is 8.02. The quantitative estimate of drug-likeness (QED) is 0.694. The monoisotopic (exact) mass is 281 g/mol. The number of fused-ring (bicyclic) bond motifs is 1. The normalized spacial score (nSPS) is 12.7. The fourth-order valence-electron chi connectivity index (χ4n) is 2.61. The fourth-order valence-corrected chi connectivity index (χ4v) is 3.43. The molecule has 0 fully saturated rings. The summed E-state index contributed by atoms with van der Waals surface area (Å²) in [6, 6.07) is 19.9. The van der Waals surface area contributed by atoms with Crippen LogP contribution in [0.25, 0.3) is 10.8 Å². The van der Waals surface area contributed by atoms with Crippen LogP contribution in [0.1, 0.15) is 29.8 Å². The molecule has 20 heavy (non-hydrogen) atoms. The van der Waals surface area contributed by atoms with Crippen LogP contribution in [0.2, 0.25) is 0 Å². The van der Waals surface area contributed by atoms with Crippen LogP contribution in [0.3, 0.4) is 0 Å². The molecule has 0 spiro atoms. The van der Waals surface area contributed by atoms with Gasteiger partial charge in [0.15, 0.2) is 0 Å². The van der Waals surface area contributed by atoms with Crippen LogP contribution in [0, 0.1) is 0 Å². The van der Waals surface area contributed by atoms with Crippen molar-refractivity contribution in [1.82, 2.24) is 5.32 Å². The van der Waals surface area contributed by atoms with Gasteiger partial charge in [0, 0.05) is 4.88 Å². The van der Waals surface area contributed by atoms with Crippen molar-refractivity contribution < 1.29 is 0 Å². The average molecular weight is 281 g/mol. The minimum Gasteiger partial charge on any atom is -0.306 e. The number of rotatable bonds is 5. The fraction of sp³-hybridized carbons (Fsp3) is 0.222. The van der Waals surface area contributed by atoms with Gasteiger partial charge >= 0.3 is 0 Å². The van der Waals surface area contributed by atoms with Crippen LogP contribution < -0.4 is 5.32 Å². The molecule has 0 aliphatic carbocycles.